The Hall–Kier alpha value is -1.43. The van der Waals surface area contributed by atoms with Crippen LogP contribution >= 0.6 is 0 Å². The monoisotopic (exact) mass is 360 g/mol. The largest absolute Gasteiger partial charge is 0.287 e. The van der Waals surface area contributed by atoms with Crippen LogP contribution in [0.2, 0.25) is 0 Å². The van der Waals surface area contributed by atoms with Crippen molar-refractivity contribution in [3.8, 4) is 0 Å². The van der Waals surface area contributed by atoms with Gasteiger partial charge in [0.05, 0.1) is 11.1 Å². The number of hydrogen-bond donors (Lipinski definition) is 0. The first-order valence-electron chi connectivity index (χ1n) is 9.25. The zero-order chi connectivity index (χ0) is 17.9. The zero-order valence-electron chi connectivity index (χ0n) is 15.2. The third-order valence-electron chi connectivity index (χ3n) is 5.18. The van der Waals surface area contributed by atoms with Gasteiger partial charge in [0.2, 0.25) is 10.0 Å². The molecule has 5 heteroatoms. The van der Waals surface area contributed by atoms with E-state index in [1.807, 2.05) is 30.3 Å². The lowest BCUT2D eigenvalue weighted by molar-refractivity contribution is 0.0850. The molecule has 0 radical (unpaired) electrons. The molecular formula is C20H28N2O2S. The van der Waals surface area contributed by atoms with E-state index in [4.69, 9.17) is 0 Å². The molecular weight excluding hydrogens is 332 g/mol. The van der Waals surface area contributed by atoms with Crippen LogP contribution in [0.5, 0.6) is 0 Å². The van der Waals surface area contributed by atoms with Crippen molar-refractivity contribution in [1.29, 1.82) is 0 Å². The Kier molecular flexibility index (Phi) is 5.77. The van der Waals surface area contributed by atoms with Gasteiger partial charge < -0.3 is 0 Å². The molecule has 2 aromatic carbocycles. The fourth-order valence-corrected chi connectivity index (χ4v) is 5.13. The van der Waals surface area contributed by atoms with Crippen LogP contribution in [0.25, 0.3) is 10.8 Å². The molecule has 1 atom stereocenters. The third kappa shape index (κ3) is 3.89. The fourth-order valence-electron chi connectivity index (χ4n) is 3.72. The summed E-state index contributed by atoms with van der Waals surface area (Å²) in [5.41, 5.74) is 0. The van der Waals surface area contributed by atoms with E-state index in [1.165, 1.54) is 6.42 Å². The number of likely N-dealkylation sites (tertiary alicyclic amines) is 1. The van der Waals surface area contributed by atoms with Gasteiger partial charge in [-0.25, -0.2) is 8.42 Å². The Morgan fingerprint density at radius 3 is 2.40 bits per heavy atom. The zero-order valence-corrected chi connectivity index (χ0v) is 16.0. The van der Waals surface area contributed by atoms with E-state index in [9.17, 15) is 8.42 Å². The number of fused-ring (bicyclic) bond motifs is 1. The highest BCUT2D eigenvalue weighted by atomic mass is 32.2. The topological polar surface area (TPSA) is 40.6 Å². The molecule has 0 spiro atoms. The van der Waals surface area contributed by atoms with Gasteiger partial charge in [0.25, 0.3) is 0 Å². The van der Waals surface area contributed by atoms with Gasteiger partial charge in [0.1, 0.15) is 0 Å². The standard InChI is InChI=1S/C20H28N2O2S/c1-3-9-20(22-14-7-4-8-15-22)21(2)25(23,24)19-13-12-17-10-5-6-11-18(17)16-19/h5-6,10-13,16,20H,3-4,7-9,14-15H2,1-2H3. The van der Waals surface area contributed by atoms with E-state index < -0.39 is 10.0 Å². The molecule has 3 rings (SSSR count). The SMILES string of the molecule is CCCC(N1CCCCC1)N(C)S(=O)(=O)c1ccc2ccccc2c1. The highest BCUT2D eigenvalue weighted by Gasteiger charge is 2.32. The predicted octanol–water partition coefficient (Wildman–Crippen LogP) is 4.07. The Balaban J connectivity index is 1.91. The van der Waals surface area contributed by atoms with Crippen molar-refractivity contribution in [1.82, 2.24) is 9.21 Å². The molecule has 1 aliphatic heterocycles. The second-order valence-electron chi connectivity index (χ2n) is 6.90. The van der Waals surface area contributed by atoms with Crippen molar-refractivity contribution in [2.75, 3.05) is 20.1 Å². The minimum atomic E-state index is -3.51. The summed E-state index contributed by atoms with van der Waals surface area (Å²) in [5, 5.41) is 2.02. The molecule has 0 aromatic heterocycles. The van der Waals surface area contributed by atoms with Crippen molar-refractivity contribution < 1.29 is 8.42 Å². The van der Waals surface area contributed by atoms with Crippen LogP contribution in [0.4, 0.5) is 0 Å². The first-order valence-corrected chi connectivity index (χ1v) is 10.7. The van der Waals surface area contributed by atoms with Crippen LogP contribution in [0, 0.1) is 0 Å². The average molecular weight is 361 g/mol. The molecule has 0 saturated carbocycles. The van der Waals surface area contributed by atoms with E-state index >= 15 is 0 Å². The number of piperidine rings is 1. The second-order valence-corrected chi connectivity index (χ2v) is 8.89. The van der Waals surface area contributed by atoms with Crippen molar-refractivity contribution in [3.05, 3.63) is 42.5 Å². The highest BCUT2D eigenvalue weighted by Crippen LogP contribution is 2.26. The quantitative estimate of drug-likeness (QED) is 0.779. The maximum atomic E-state index is 13.2. The van der Waals surface area contributed by atoms with Gasteiger partial charge in [-0.05, 0) is 55.3 Å². The number of hydrogen-bond acceptors (Lipinski definition) is 3. The fraction of sp³-hybridized carbons (Fsp3) is 0.500. The Morgan fingerprint density at radius 2 is 1.72 bits per heavy atom. The number of nitrogens with zero attached hydrogens (tertiary/aromatic N) is 2. The summed E-state index contributed by atoms with van der Waals surface area (Å²) < 4.78 is 28.1. The molecule has 0 amide bonds. The molecule has 4 nitrogen and oxygen atoms in total. The smallest absolute Gasteiger partial charge is 0.244 e. The molecule has 1 saturated heterocycles. The van der Waals surface area contributed by atoms with Gasteiger partial charge in [-0.15, -0.1) is 0 Å². The summed E-state index contributed by atoms with van der Waals surface area (Å²) in [6.07, 6.45) is 5.34. The minimum absolute atomic E-state index is 0.0539. The van der Waals surface area contributed by atoms with Crippen molar-refractivity contribution in [3.63, 3.8) is 0 Å². The first kappa shape index (κ1) is 18.4. The molecule has 1 unspecified atom stereocenters. The van der Waals surface area contributed by atoms with Gasteiger partial charge in [-0.1, -0.05) is 50.1 Å². The maximum absolute atomic E-state index is 13.2. The van der Waals surface area contributed by atoms with E-state index in [2.05, 4.69) is 11.8 Å². The van der Waals surface area contributed by atoms with Crippen LogP contribution in [-0.4, -0.2) is 43.9 Å². The normalized spacial score (nSPS) is 17.9. The average Bonchev–Trinajstić information content (AvgIpc) is 2.65. The van der Waals surface area contributed by atoms with Gasteiger partial charge in [-0.2, -0.15) is 4.31 Å². The van der Waals surface area contributed by atoms with Crippen molar-refractivity contribution >= 4 is 20.8 Å². The Labute approximate surface area is 151 Å². The summed E-state index contributed by atoms with van der Waals surface area (Å²) in [5.74, 6) is 0. The molecule has 136 valence electrons. The minimum Gasteiger partial charge on any atom is -0.287 e. The van der Waals surface area contributed by atoms with E-state index in [0.717, 1.165) is 49.5 Å². The first-order chi connectivity index (χ1) is 12.0. The van der Waals surface area contributed by atoms with Crippen molar-refractivity contribution in [2.24, 2.45) is 0 Å². The lowest BCUT2D eigenvalue weighted by atomic mass is 10.1. The molecule has 1 heterocycles. The predicted molar refractivity (Wildman–Crippen MR) is 103 cm³/mol. The van der Waals surface area contributed by atoms with Crippen molar-refractivity contribution in [2.45, 2.75) is 50.1 Å². The molecule has 0 N–H and O–H groups in total. The van der Waals surface area contributed by atoms with Crippen LogP contribution in [0.3, 0.4) is 0 Å². The van der Waals surface area contributed by atoms with Crippen LogP contribution < -0.4 is 0 Å². The van der Waals surface area contributed by atoms with Gasteiger partial charge in [-0.3, -0.25) is 4.90 Å². The van der Waals surface area contributed by atoms with E-state index in [0.29, 0.717) is 4.90 Å². The number of benzene rings is 2. The van der Waals surface area contributed by atoms with Gasteiger partial charge in [0, 0.05) is 7.05 Å². The second kappa shape index (κ2) is 7.85. The summed E-state index contributed by atoms with van der Waals surface area (Å²) in [6, 6.07) is 13.3. The molecule has 2 aromatic rings. The molecule has 1 aliphatic rings. The Morgan fingerprint density at radius 1 is 1.04 bits per heavy atom. The molecule has 0 aliphatic carbocycles. The van der Waals surface area contributed by atoms with Gasteiger partial charge in [0.15, 0.2) is 0 Å². The maximum Gasteiger partial charge on any atom is 0.244 e. The third-order valence-corrected chi connectivity index (χ3v) is 7.03. The number of rotatable bonds is 6. The van der Waals surface area contributed by atoms with E-state index in [-0.39, 0.29) is 6.17 Å². The van der Waals surface area contributed by atoms with Crippen LogP contribution in [0.1, 0.15) is 39.0 Å². The molecule has 25 heavy (non-hydrogen) atoms. The summed E-state index contributed by atoms with van der Waals surface area (Å²) >= 11 is 0. The summed E-state index contributed by atoms with van der Waals surface area (Å²) in [7, 11) is -1.77. The van der Waals surface area contributed by atoms with Crippen LogP contribution in [0.15, 0.2) is 47.4 Å². The van der Waals surface area contributed by atoms with Crippen LogP contribution in [-0.2, 0) is 10.0 Å². The number of sulfonamides is 1. The summed E-state index contributed by atoms with van der Waals surface area (Å²) in [4.78, 5) is 2.72. The van der Waals surface area contributed by atoms with E-state index in [1.54, 1.807) is 23.5 Å². The van der Waals surface area contributed by atoms with Gasteiger partial charge >= 0.3 is 0 Å². The highest BCUT2D eigenvalue weighted by molar-refractivity contribution is 7.89. The lowest BCUT2D eigenvalue weighted by Gasteiger charge is -2.39. The molecule has 1 fully saturated rings. The molecule has 0 bridgehead atoms. The Bertz CT molecular complexity index is 813. The lowest BCUT2D eigenvalue weighted by Crippen LogP contribution is -2.50. The summed E-state index contributed by atoms with van der Waals surface area (Å²) in [6.45, 7) is 4.10.